The molecule has 1 aliphatic rings. The van der Waals surface area contributed by atoms with Gasteiger partial charge in [0.2, 0.25) is 0 Å². The Hall–Kier alpha value is -3.02. The van der Waals surface area contributed by atoms with E-state index in [-0.39, 0.29) is 17.5 Å². The summed E-state index contributed by atoms with van der Waals surface area (Å²) in [6.07, 6.45) is 1.96. The summed E-state index contributed by atoms with van der Waals surface area (Å²) in [4.78, 5) is 25.2. The number of amides is 1. The molecule has 0 fully saturated rings. The van der Waals surface area contributed by atoms with Gasteiger partial charge in [-0.15, -0.1) is 0 Å². The van der Waals surface area contributed by atoms with Crippen LogP contribution in [0.25, 0.3) is 0 Å². The molecule has 6 nitrogen and oxygen atoms in total. The van der Waals surface area contributed by atoms with Crippen LogP contribution in [0.1, 0.15) is 47.3 Å². The fourth-order valence-electron chi connectivity index (χ4n) is 3.44. The van der Waals surface area contributed by atoms with Gasteiger partial charge in [0.1, 0.15) is 17.1 Å². The van der Waals surface area contributed by atoms with Gasteiger partial charge in [0.15, 0.2) is 6.10 Å². The summed E-state index contributed by atoms with van der Waals surface area (Å²) in [7, 11) is 2.98. The fraction of sp³-hybridized carbons (Fsp3) is 0.364. The van der Waals surface area contributed by atoms with Crippen molar-refractivity contribution in [3.63, 3.8) is 0 Å². The zero-order chi connectivity index (χ0) is 20.1. The first kappa shape index (κ1) is 19.7. The molecule has 1 amide bonds. The van der Waals surface area contributed by atoms with Crippen molar-refractivity contribution in [2.45, 2.75) is 38.3 Å². The van der Waals surface area contributed by atoms with Crippen LogP contribution >= 0.6 is 0 Å². The maximum atomic E-state index is 12.6. The number of hydrogen-bond donors (Lipinski definition) is 1. The standard InChI is InChI=1S/C22H25NO5/c1-14(28-22(25)18-13-16(26-2)11-12-20(18)27-3)21(24)23-19-10-6-8-15-7-4-5-9-17(15)19/h4-5,7,9,11-14,19H,6,8,10H2,1-3H3,(H,23,24)/t14-,19-/m0/s1. The summed E-state index contributed by atoms with van der Waals surface area (Å²) >= 11 is 0. The minimum absolute atomic E-state index is 0.0649. The van der Waals surface area contributed by atoms with Crippen molar-refractivity contribution >= 4 is 11.9 Å². The van der Waals surface area contributed by atoms with Crippen LogP contribution in [0.4, 0.5) is 0 Å². The number of ether oxygens (including phenoxy) is 3. The molecule has 2 aromatic rings. The number of nitrogens with one attached hydrogen (secondary N) is 1. The molecule has 0 spiro atoms. The smallest absolute Gasteiger partial charge is 0.342 e. The van der Waals surface area contributed by atoms with Crippen LogP contribution < -0.4 is 14.8 Å². The number of carbonyl (C=O) groups excluding carboxylic acids is 2. The summed E-state index contributed by atoms with van der Waals surface area (Å²) < 4.78 is 15.7. The number of methoxy groups -OCH3 is 2. The van der Waals surface area contributed by atoms with Gasteiger partial charge in [0.25, 0.3) is 5.91 Å². The van der Waals surface area contributed by atoms with Gasteiger partial charge in [-0.25, -0.2) is 4.79 Å². The third-order valence-corrected chi connectivity index (χ3v) is 4.97. The van der Waals surface area contributed by atoms with Gasteiger partial charge in [0, 0.05) is 0 Å². The van der Waals surface area contributed by atoms with E-state index in [9.17, 15) is 9.59 Å². The fourth-order valence-corrected chi connectivity index (χ4v) is 3.44. The van der Waals surface area contributed by atoms with E-state index in [0.29, 0.717) is 11.5 Å². The maximum Gasteiger partial charge on any atom is 0.342 e. The SMILES string of the molecule is COc1ccc(OC)c(C(=O)O[C@@H](C)C(=O)N[C@H]2CCCc3ccccc32)c1. The monoisotopic (exact) mass is 383 g/mol. The second-order valence-corrected chi connectivity index (χ2v) is 6.77. The molecule has 6 heteroatoms. The first-order chi connectivity index (χ1) is 13.5. The van der Waals surface area contributed by atoms with Gasteiger partial charge in [-0.3, -0.25) is 4.79 Å². The van der Waals surface area contributed by atoms with Gasteiger partial charge < -0.3 is 19.5 Å². The Morgan fingerprint density at radius 2 is 1.89 bits per heavy atom. The Bertz CT molecular complexity index is 864. The molecule has 148 valence electrons. The molecule has 0 unspecified atom stereocenters. The van der Waals surface area contributed by atoms with Crippen molar-refractivity contribution < 1.29 is 23.8 Å². The van der Waals surface area contributed by atoms with E-state index in [2.05, 4.69) is 11.4 Å². The molecule has 1 N–H and O–H groups in total. The number of rotatable bonds is 6. The zero-order valence-electron chi connectivity index (χ0n) is 16.4. The van der Waals surface area contributed by atoms with Gasteiger partial charge >= 0.3 is 5.97 Å². The molecule has 2 atom stereocenters. The Morgan fingerprint density at radius 3 is 2.64 bits per heavy atom. The van der Waals surface area contributed by atoms with Crippen molar-refractivity contribution in [1.82, 2.24) is 5.32 Å². The van der Waals surface area contributed by atoms with Crippen molar-refractivity contribution in [3.05, 3.63) is 59.2 Å². The van der Waals surface area contributed by atoms with Crippen LogP contribution in [0, 0.1) is 0 Å². The highest BCUT2D eigenvalue weighted by atomic mass is 16.5. The third kappa shape index (κ3) is 4.27. The van der Waals surface area contributed by atoms with Crippen LogP contribution in [-0.2, 0) is 16.0 Å². The molecule has 28 heavy (non-hydrogen) atoms. The molecule has 0 aliphatic heterocycles. The summed E-state index contributed by atoms with van der Waals surface area (Å²) in [5.74, 6) is -0.0948. The number of fused-ring (bicyclic) bond motifs is 1. The number of aryl methyl sites for hydroxylation is 1. The lowest BCUT2D eigenvalue weighted by molar-refractivity contribution is -0.130. The highest BCUT2D eigenvalue weighted by molar-refractivity contribution is 5.95. The maximum absolute atomic E-state index is 12.6. The average molecular weight is 383 g/mol. The summed E-state index contributed by atoms with van der Waals surface area (Å²) in [5.41, 5.74) is 2.60. The van der Waals surface area contributed by atoms with Crippen LogP contribution in [0.5, 0.6) is 11.5 Å². The second kappa shape index (κ2) is 8.78. The predicted molar refractivity (Wildman–Crippen MR) is 105 cm³/mol. The Labute approximate surface area is 164 Å². The van der Waals surface area contributed by atoms with Crippen molar-refractivity contribution in [2.24, 2.45) is 0 Å². The molecule has 3 rings (SSSR count). The lowest BCUT2D eigenvalue weighted by Crippen LogP contribution is -2.39. The highest BCUT2D eigenvalue weighted by Gasteiger charge is 2.26. The first-order valence-electron chi connectivity index (χ1n) is 9.34. The quantitative estimate of drug-likeness (QED) is 0.774. The Morgan fingerprint density at radius 1 is 1.11 bits per heavy atom. The van der Waals surface area contributed by atoms with Gasteiger partial charge in [-0.05, 0) is 55.5 Å². The lowest BCUT2D eigenvalue weighted by Gasteiger charge is -2.27. The molecule has 0 bridgehead atoms. The Kier molecular flexibility index (Phi) is 6.19. The van der Waals surface area contributed by atoms with E-state index in [1.165, 1.54) is 25.8 Å². The molecule has 0 radical (unpaired) electrons. The minimum atomic E-state index is -0.933. The van der Waals surface area contributed by atoms with Crippen molar-refractivity contribution in [2.75, 3.05) is 14.2 Å². The normalized spacial score (nSPS) is 16.5. The predicted octanol–water partition coefficient (Wildman–Crippen LogP) is 3.44. The molecular formula is C22H25NO5. The Balaban J connectivity index is 1.67. The van der Waals surface area contributed by atoms with E-state index < -0.39 is 12.1 Å². The average Bonchev–Trinajstić information content (AvgIpc) is 2.73. The number of benzene rings is 2. The summed E-state index contributed by atoms with van der Waals surface area (Å²) in [6, 6.07) is 12.9. The highest BCUT2D eigenvalue weighted by Crippen LogP contribution is 2.30. The lowest BCUT2D eigenvalue weighted by atomic mass is 9.87. The topological polar surface area (TPSA) is 73.9 Å². The number of esters is 1. The molecule has 0 saturated carbocycles. The van der Waals surface area contributed by atoms with E-state index in [1.54, 1.807) is 19.1 Å². The van der Waals surface area contributed by atoms with Crippen LogP contribution in [-0.4, -0.2) is 32.2 Å². The number of hydrogen-bond acceptors (Lipinski definition) is 5. The van der Waals surface area contributed by atoms with Crippen LogP contribution in [0.3, 0.4) is 0 Å². The molecule has 0 aromatic heterocycles. The van der Waals surface area contributed by atoms with E-state index in [1.807, 2.05) is 18.2 Å². The largest absolute Gasteiger partial charge is 0.497 e. The van der Waals surface area contributed by atoms with Crippen LogP contribution in [0.2, 0.25) is 0 Å². The molecule has 1 aliphatic carbocycles. The van der Waals surface area contributed by atoms with Crippen molar-refractivity contribution in [1.29, 1.82) is 0 Å². The molecule has 0 heterocycles. The molecule has 2 aromatic carbocycles. The van der Waals surface area contributed by atoms with Gasteiger partial charge in [-0.2, -0.15) is 0 Å². The zero-order valence-corrected chi connectivity index (χ0v) is 16.4. The van der Waals surface area contributed by atoms with E-state index in [0.717, 1.165) is 24.8 Å². The first-order valence-corrected chi connectivity index (χ1v) is 9.34. The molecular weight excluding hydrogens is 358 g/mol. The summed E-state index contributed by atoms with van der Waals surface area (Å²) in [6.45, 7) is 1.56. The second-order valence-electron chi connectivity index (χ2n) is 6.77. The number of carbonyl (C=O) groups is 2. The van der Waals surface area contributed by atoms with Crippen molar-refractivity contribution in [3.8, 4) is 11.5 Å². The minimum Gasteiger partial charge on any atom is -0.497 e. The van der Waals surface area contributed by atoms with Gasteiger partial charge in [-0.1, -0.05) is 24.3 Å². The van der Waals surface area contributed by atoms with E-state index in [4.69, 9.17) is 14.2 Å². The third-order valence-electron chi connectivity index (χ3n) is 4.97. The summed E-state index contributed by atoms with van der Waals surface area (Å²) in [5, 5.41) is 3.01. The van der Waals surface area contributed by atoms with Gasteiger partial charge in [0.05, 0.1) is 20.3 Å². The van der Waals surface area contributed by atoms with Crippen LogP contribution in [0.15, 0.2) is 42.5 Å². The van der Waals surface area contributed by atoms with E-state index >= 15 is 0 Å². The molecule has 0 saturated heterocycles.